The second-order valence-electron chi connectivity index (χ2n) is 7.43. The Morgan fingerprint density at radius 2 is 2.10 bits per heavy atom. The lowest BCUT2D eigenvalue weighted by atomic mass is 9.89. The largest absolute Gasteiger partial charge is 0.312 e. The van der Waals surface area contributed by atoms with Crippen molar-refractivity contribution in [2.75, 3.05) is 6.54 Å². The van der Waals surface area contributed by atoms with Crippen molar-refractivity contribution in [1.82, 2.24) is 9.88 Å². The fraction of sp³-hybridized carbons (Fsp3) is 0.722. The molecule has 0 bridgehead atoms. The molecule has 1 heterocycles. The predicted molar refractivity (Wildman–Crippen MR) is 88.7 cm³/mol. The molecule has 1 N–H and O–H groups in total. The van der Waals surface area contributed by atoms with Gasteiger partial charge in [-0.1, -0.05) is 33.8 Å². The molecule has 0 amide bonds. The lowest BCUT2D eigenvalue weighted by Crippen LogP contribution is -2.32. The summed E-state index contributed by atoms with van der Waals surface area (Å²) in [6.45, 7) is 10.8. The molecular formula is C18H30N2O. The highest BCUT2D eigenvalue weighted by atomic mass is 16.1. The Hall–Kier alpha value is -1.09. The maximum Gasteiger partial charge on any atom is 0.250 e. The van der Waals surface area contributed by atoms with Gasteiger partial charge in [0.05, 0.1) is 0 Å². The average molecular weight is 290 g/mol. The van der Waals surface area contributed by atoms with Gasteiger partial charge < -0.3 is 9.88 Å². The molecule has 0 saturated heterocycles. The van der Waals surface area contributed by atoms with Crippen LogP contribution in [0.15, 0.2) is 16.9 Å². The van der Waals surface area contributed by atoms with Crippen LogP contribution in [0.25, 0.3) is 0 Å². The number of hydrogen-bond donors (Lipinski definition) is 1. The van der Waals surface area contributed by atoms with E-state index in [2.05, 4.69) is 39.1 Å². The van der Waals surface area contributed by atoms with Gasteiger partial charge >= 0.3 is 0 Å². The summed E-state index contributed by atoms with van der Waals surface area (Å²) in [6.07, 6.45) is 5.59. The van der Waals surface area contributed by atoms with Crippen LogP contribution < -0.4 is 10.9 Å². The molecule has 1 aliphatic carbocycles. The number of nitrogens with one attached hydrogen (secondary N) is 1. The van der Waals surface area contributed by atoms with E-state index in [4.69, 9.17) is 0 Å². The summed E-state index contributed by atoms with van der Waals surface area (Å²) in [7, 11) is 0. The molecule has 3 heteroatoms. The van der Waals surface area contributed by atoms with Gasteiger partial charge in [0.15, 0.2) is 0 Å². The van der Waals surface area contributed by atoms with Crippen LogP contribution >= 0.6 is 0 Å². The van der Waals surface area contributed by atoms with Crippen LogP contribution in [-0.2, 0) is 13.0 Å². The van der Waals surface area contributed by atoms with Gasteiger partial charge in [-0.3, -0.25) is 4.79 Å². The molecule has 0 spiro atoms. The fourth-order valence-electron chi connectivity index (χ4n) is 3.08. The van der Waals surface area contributed by atoms with Gasteiger partial charge in [0.1, 0.15) is 0 Å². The topological polar surface area (TPSA) is 34.0 Å². The molecule has 0 radical (unpaired) electrons. The van der Waals surface area contributed by atoms with Gasteiger partial charge in [0.25, 0.3) is 5.56 Å². The van der Waals surface area contributed by atoms with E-state index in [1.54, 1.807) is 6.07 Å². The molecule has 1 unspecified atom stereocenters. The highest BCUT2D eigenvalue weighted by molar-refractivity contribution is 5.27. The van der Waals surface area contributed by atoms with Crippen molar-refractivity contribution in [2.24, 2.45) is 5.41 Å². The summed E-state index contributed by atoms with van der Waals surface area (Å²) >= 11 is 0. The molecule has 2 rings (SSSR count). The van der Waals surface area contributed by atoms with E-state index in [-0.39, 0.29) is 11.0 Å². The van der Waals surface area contributed by atoms with E-state index in [0.717, 1.165) is 32.4 Å². The quantitative estimate of drug-likeness (QED) is 0.898. The molecule has 21 heavy (non-hydrogen) atoms. The van der Waals surface area contributed by atoms with Crippen LogP contribution in [0.3, 0.4) is 0 Å². The number of fused-ring (bicyclic) bond motifs is 1. The SMILES string of the molecule is CCCNC1CCCc2c1ccc(=O)n2CCC(C)(C)C. The van der Waals surface area contributed by atoms with Crippen LogP contribution in [0.2, 0.25) is 0 Å². The van der Waals surface area contributed by atoms with E-state index in [1.165, 1.54) is 24.1 Å². The Kier molecular flexibility index (Phi) is 5.26. The van der Waals surface area contributed by atoms with Crippen LogP contribution in [-0.4, -0.2) is 11.1 Å². The molecule has 0 fully saturated rings. The maximum absolute atomic E-state index is 12.3. The second kappa shape index (κ2) is 6.78. The number of aromatic nitrogens is 1. The molecule has 118 valence electrons. The van der Waals surface area contributed by atoms with Crippen molar-refractivity contribution < 1.29 is 0 Å². The number of nitrogens with zero attached hydrogens (tertiary/aromatic N) is 1. The van der Waals surface area contributed by atoms with Gasteiger partial charge in [-0.15, -0.1) is 0 Å². The molecule has 0 aromatic carbocycles. The first kappa shape index (κ1) is 16.3. The number of rotatable bonds is 5. The lowest BCUT2D eigenvalue weighted by Gasteiger charge is -2.29. The summed E-state index contributed by atoms with van der Waals surface area (Å²) in [4.78, 5) is 12.3. The summed E-state index contributed by atoms with van der Waals surface area (Å²) in [5, 5.41) is 3.63. The summed E-state index contributed by atoms with van der Waals surface area (Å²) in [5.74, 6) is 0. The second-order valence-corrected chi connectivity index (χ2v) is 7.43. The van der Waals surface area contributed by atoms with Crippen molar-refractivity contribution in [3.63, 3.8) is 0 Å². The maximum atomic E-state index is 12.3. The average Bonchev–Trinajstić information content (AvgIpc) is 2.42. The highest BCUT2D eigenvalue weighted by Gasteiger charge is 2.23. The van der Waals surface area contributed by atoms with E-state index >= 15 is 0 Å². The molecular weight excluding hydrogens is 260 g/mol. The molecule has 1 aromatic heterocycles. The zero-order valence-electron chi connectivity index (χ0n) is 14.0. The Morgan fingerprint density at radius 1 is 1.33 bits per heavy atom. The first-order chi connectivity index (χ1) is 9.92. The molecule has 1 aliphatic rings. The van der Waals surface area contributed by atoms with Crippen LogP contribution in [0.5, 0.6) is 0 Å². The standard InChI is InChI=1S/C18H30N2O/c1-5-12-19-15-7-6-8-16-14(15)9-10-17(21)20(16)13-11-18(2,3)4/h9-10,15,19H,5-8,11-13H2,1-4H3. The lowest BCUT2D eigenvalue weighted by molar-refractivity contribution is 0.340. The minimum absolute atomic E-state index is 0.161. The van der Waals surface area contributed by atoms with Crippen molar-refractivity contribution in [3.05, 3.63) is 33.7 Å². The molecule has 0 aliphatic heterocycles. The third-order valence-corrected chi connectivity index (χ3v) is 4.34. The van der Waals surface area contributed by atoms with Gasteiger partial charge in [-0.25, -0.2) is 0 Å². The molecule has 1 aromatic rings. The van der Waals surface area contributed by atoms with E-state index in [9.17, 15) is 4.79 Å². The molecule has 0 saturated carbocycles. The van der Waals surface area contributed by atoms with Crippen LogP contribution in [0.1, 0.15) is 70.7 Å². The van der Waals surface area contributed by atoms with Crippen LogP contribution in [0, 0.1) is 5.41 Å². The van der Waals surface area contributed by atoms with Gasteiger partial charge in [-0.2, -0.15) is 0 Å². The van der Waals surface area contributed by atoms with E-state index in [1.807, 2.05) is 4.57 Å². The zero-order valence-corrected chi connectivity index (χ0v) is 14.0. The Morgan fingerprint density at radius 3 is 2.76 bits per heavy atom. The van der Waals surface area contributed by atoms with Crippen LogP contribution in [0.4, 0.5) is 0 Å². The summed E-state index contributed by atoms with van der Waals surface area (Å²) in [6, 6.07) is 4.24. The Balaban J connectivity index is 2.27. The van der Waals surface area contributed by atoms with Crippen molar-refractivity contribution in [1.29, 1.82) is 0 Å². The van der Waals surface area contributed by atoms with Gasteiger partial charge in [0, 0.05) is 24.3 Å². The first-order valence-electron chi connectivity index (χ1n) is 8.38. The minimum Gasteiger partial charge on any atom is -0.312 e. The van der Waals surface area contributed by atoms with Gasteiger partial charge in [-0.05, 0) is 49.6 Å². The molecule has 1 atom stereocenters. The smallest absolute Gasteiger partial charge is 0.250 e. The minimum atomic E-state index is 0.161. The third-order valence-electron chi connectivity index (χ3n) is 4.34. The highest BCUT2D eigenvalue weighted by Crippen LogP contribution is 2.29. The summed E-state index contributed by atoms with van der Waals surface area (Å²) in [5.41, 5.74) is 3.04. The van der Waals surface area contributed by atoms with E-state index < -0.39 is 0 Å². The first-order valence-corrected chi connectivity index (χ1v) is 8.38. The number of hydrogen-bond acceptors (Lipinski definition) is 2. The number of pyridine rings is 1. The Bertz CT molecular complexity index is 525. The Labute approximate surface area is 128 Å². The van der Waals surface area contributed by atoms with Crippen molar-refractivity contribution in [3.8, 4) is 0 Å². The zero-order chi connectivity index (χ0) is 15.5. The normalized spacial score (nSPS) is 18.6. The fourth-order valence-corrected chi connectivity index (χ4v) is 3.08. The van der Waals surface area contributed by atoms with Crippen molar-refractivity contribution >= 4 is 0 Å². The predicted octanol–water partition coefficient (Wildman–Crippen LogP) is 3.66. The molecule has 3 nitrogen and oxygen atoms in total. The van der Waals surface area contributed by atoms with E-state index in [0.29, 0.717) is 6.04 Å². The summed E-state index contributed by atoms with van der Waals surface area (Å²) < 4.78 is 2.03. The van der Waals surface area contributed by atoms with Crippen molar-refractivity contribution in [2.45, 2.75) is 72.4 Å². The monoisotopic (exact) mass is 290 g/mol. The van der Waals surface area contributed by atoms with Gasteiger partial charge in [0.2, 0.25) is 0 Å². The third kappa shape index (κ3) is 4.19.